The number of Topliss-reactive ketones (excluding diaryl/α,β-unsaturated/α-hetero) is 1. The van der Waals surface area contributed by atoms with Crippen LogP contribution in [0, 0.1) is 6.92 Å². The number of aromatic hydroxyl groups is 1. The zero-order valence-corrected chi connectivity index (χ0v) is 21.9. The van der Waals surface area contributed by atoms with E-state index in [-0.39, 0.29) is 22.8 Å². The van der Waals surface area contributed by atoms with Gasteiger partial charge in [-0.25, -0.2) is 4.98 Å². The number of benzene rings is 3. The number of rotatable bonds is 7. The molecule has 0 spiro atoms. The van der Waals surface area contributed by atoms with E-state index in [9.17, 15) is 19.8 Å². The van der Waals surface area contributed by atoms with Gasteiger partial charge in [0.15, 0.2) is 16.6 Å². The van der Waals surface area contributed by atoms with E-state index in [4.69, 9.17) is 9.47 Å². The SMILES string of the molecule is CCCOc1ccc(C(O)=C2C(=O)C(=O)N(c3nc4ccc(C)cc4s3)C2c2ccc(O)c(OC)c2)cc1. The Balaban J connectivity index is 1.68. The number of hydrogen-bond acceptors (Lipinski definition) is 8. The van der Waals surface area contributed by atoms with Crippen molar-refractivity contribution >= 4 is 44.1 Å². The van der Waals surface area contributed by atoms with E-state index in [0.717, 1.165) is 16.7 Å². The van der Waals surface area contributed by atoms with Crippen LogP contribution in [0.1, 0.15) is 36.1 Å². The lowest BCUT2D eigenvalue weighted by atomic mass is 9.95. The van der Waals surface area contributed by atoms with Crippen LogP contribution in [0.25, 0.3) is 16.0 Å². The molecule has 1 aliphatic rings. The molecular weight excluding hydrogens is 504 g/mol. The van der Waals surface area contributed by atoms with Gasteiger partial charge in [-0.1, -0.05) is 30.4 Å². The Labute approximate surface area is 223 Å². The van der Waals surface area contributed by atoms with Crippen LogP contribution < -0.4 is 14.4 Å². The smallest absolute Gasteiger partial charge is 0.301 e. The van der Waals surface area contributed by atoms with Crippen LogP contribution in [0.4, 0.5) is 5.13 Å². The van der Waals surface area contributed by atoms with Crippen LogP contribution in [0.15, 0.2) is 66.2 Å². The van der Waals surface area contributed by atoms with Gasteiger partial charge in [0.05, 0.1) is 35.5 Å². The van der Waals surface area contributed by atoms with Crippen molar-refractivity contribution in [3.63, 3.8) is 0 Å². The quantitative estimate of drug-likeness (QED) is 0.178. The summed E-state index contributed by atoms with van der Waals surface area (Å²) in [5.74, 6) is -1.24. The molecule has 9 heteroatoms. The fourth-order valence-corrected chi connectivity index (χ4v) is 5.51. The summed E-state index contributed by atoms with van der Waals surface area (Å²) in [5.41, 5.74) is 2.49. The largest absolute Gasteiger partial charge is 0.507 e. The summed E-state index contributed by atoms with van der Waals surface area (Å²) in [4.78, 5) is 32.9. The first-order chi connectivity index (χ1) is 18.3. The van der Waals surface area contributed by atoms with E-state index in [0.29, 0.717) is 34.1 Å². The van der Waals surface area contributed by atoms with Gasteiger partial charge in [0.1, 0.15) is 11.5 Å². The molecule has 1 atom stereocenters. The number of ketones is 1. The van der Waals surface area contributed by atoms with Gasteiger partial charge in [-0.15, -0.1) is 0 Å². The van der Waals surface area contributed by atoms with Crippen LogP contribution in [-0.2, 0) is 9.59 Å². The van der Waals surface area contributed by atoms with E-state index in [2.05, 4.69) is 4.98 Å². The molecule has 0 bridgehead atoms. The molecule has 2 heterocycles. The average Bonchev–Trinajstić information content (AvgIpc) is 3.45. The first-order valence-corrected chi connectivity index (χ1v) is 12.9. The lowest BCUT2D eigenvalue weighted by Gasteiger charge is -2.23. The number of anilines is 1. The molecule has 1 amide bonds. The van der Waals surface area contributed by atoms with Crippen molar-refractivity contribution in [2.75, 3.05) is 18.6 Å². The summed E-state index contributed by atoms with van der Waals surface area (Å²) in [5, 5.41) is 21.9. The van der Waals surface area contributed by atoms with Crippen LogP contribution in [0.3, 0.4) is 0 Å². The van der Waals surface area contributed by atoms with E-state index in [1.54, 1.807) is 36.4 Å². The molecule has 1 fully saturated rings. The number of hydrogen-bond donors (Lipinski definition) is 2. The molecule has 38 heavy (non-hydrogen) atoms. The highest BCUT2D eigenvalue weighted by Crippen LogP contribution is 2.45. The van der Waals surface area contributed by atoms with Crippen molar-refractivity contribution < 1.29 is 29.3 Å². The summed E-state index contributed by atoms with van der Waals surface area (Å²) >= 11 is 1.29. The summed E-state index contributed by atoms with van der Waals surface area (Å²) < 4.78 is 11.8. The number of aliphatic hydroxyl groups is 1. The van der Waals surface area contributed by atoms with Gasteiger partial charge in [-0.3, -0.25) is 14.5 Å². The summed E-state index contributed by atoms with van der Waals surface area (Å²) in [6.45, 7) is 4.53. The first-order valence-electron chi connectivity index (χ1n) is 12.1. The van der Waals surface area contributed by atoms with E-state index < -0.39 is 17.7 Å². The van der Waals surface area contributed by atoms with Crippen molar-refractivity contribution in [1.82, 2.24) is 4.98 Å². The molecule has 1 aliphatic heterocycles. The van der Waals surface area contributed by atoms with Crippen molar-refractivity contribution in [2.24, 2.45) is 0 Å². The van der Waals surface area contributed by atoms with Gasteiger partial charge in [-0.05, 0) is 73.0 Å². The highest BCUT2D eigenvalue weighted by molar-refractivity contribution is 7.22. The fourth-order valence-electron chi connectivity index (χ4n) is 4.42. The van der Waals surface area contributed by atoms with E-state index >= 15 is 0 Å². The maximum absolute atomic E-state index is 13.5. The van der Waals surface area contributed by atoms with E-state index in [1.807, 2.05) is 32.0 Å². The molecule has 0 radical (unpaired) electrons. The number of aromatic nitrogens is 1. The number of methoxy groups -OCH3 is 1. The standard InChI is InChI=1S/C29H26N2O6S/c1-4-13-37-19-9-6-17(7-10-19)26(33)24-25(18-8-12-21(32)22(15-18)36-3)31(28(35)27(24)34)29-30-20-11-5-16(2)14-23(20)38-29/h5-12,14-15,25,32-33H,4,13H2,1-3H3. The van der Waals surface area contributed by atoms with Crippen molar-refractivity contribution in [3.8, 4) is 17.2 Å². The van der Waals surface area contributed by atoms with E-state index in [1.165, 1.54) is 29.4 Å². The molecule has 1 unspecified atom stereocenters. The highest BCUT2D eigenvalue weighted by Gasteiger charge is 2.48. The number of fused-ring (bicyclic) bond motifs is 1. The zero-order chi connectivity index (χ0) is 27.0. The molecule has 3 aromatic carbocycles. The normalized spacial score (nSPS) is 16.8. The molecule has 1 saturated heterocycles. The maximum atomic E-state index is 13.5. The van der Waals surface area contributed by atoms with Crippen LogP contribution in [-0.4, -0.2) is 40.6 Å². The molecule has 194 valence electrons. The summed E-state index contributed by atoms with van der Waals surface area (Å²) in [7, 11) is 1.41. The third kappa shape index (κ3) is 4.45. The van der Waals surface area contributed by atoms with Crippen LogP contribution in [0.5, 0.6) is 17.2 Å². The first kappa shape index (κ1) is 25.3. The van der Waals surface area contributed by atoms with Crippen LogP contribution in [0.2, 0.25) is 0 Å². The van der Waals surface area contributed by atoms with Gasteiger partial charge in [-0.2, -0.15) is 0 Å². The maximum Gasteiger partial charge on any atom is 0.301 e. The van der Waals surface area contributed by atoms with Crippen LogP contribution >= 0.6 is 11.3 Å². The number of amides is 1. The number of thiazole rings is 1. The monoisotopic (exact) mass is 530 g/mol. The number of carbonyl (C=O) groups excluding carboxylic acids is 2. The molecule has 0 aliphatic carbocycles. The second-order valence-corrected chi connectivity index (χ2v) is 9.95. The molecule has 1 aromatic heterocycles. The Kier molecular flexibility index (Phi) is 6.77. The number of phenolic OH excluding ortho intramolecular Hbond substituents is 1. The van der Waals surface area contributed by atoms with Gasteiger partial charge in [0.2, 0.25) is 0 Å². The van der Waals surface area contributed by atoms with Gasteiger partial charge in [0, 0.05) is 5.56 Å². The van der Waals surface area contributed by atoms with Crippen molar-refractivity contribution in [3.05, 3.63) is 82.9 Å². The highest BCUT2D eigenvalue weighted by atomic mass is 32.1. The second kappa shape index (κ2) is 10.2. The molecule has 4 aromatic rings. The fraction of sp³-hybridized carbons (Fsp3) is 0.207. The number of nitrogens with zero attached hydrogens (tertiary/aromatic N) is 2. The Morgan fingerprint density at radius 1 is 1.08 bits per heavy atom. The minimum atomic E-state index is -0.998. The Morgan fingerprint density at radius 3 is 2.55 bits per heavy atom. The molecule has 8 nitrogen and oxygen atoms in total. The Bertz CT molecular complexity index is 1570. The number of phenols is 1. The number of aliphatic hydroxyl groups excluding tert-OH is 1. The Hall–Kier alpha value is -4.37. The summed E-state index contributed by atoms with van der Waals surface area (Å²) in [6, 6.07) is 16.0. The molecule has 0 saturated carbocycles. The third-order valence-electron chi connectivity index (χ3n) is 6.30. The van der Waals surface area contributed by atoms with Gasteiger partial charge >= 0.3 is 5.91 Å². The summed E-state index contributed by atoms with van der Waals surface area (Å²) in [6.07, 6.45) is 0.854. The van der Waals surface area contributed by atoms with Gasteiger partial charge < -0.3 is 19.7 Å². The number of aryl methyl sites for hydroxylation is 1. The average molecular weight is 531 g/mol. The minimum Gasteiger partial charge on any atom is -0.507 e. The Morgan fingerprint density at radius 2 is 1.84 bits per heavy atom. The lowest BCUT2D eigenvalue weighted by Crippen LogP contribution is -2.29. The number of ether oxygens (including phenoxy) is 2. The topological polar surface area (TPSA) is 109 Å². The zero-order valence-electron chi connectivity index (χ0n) is 21.1. The minimum absolute atomic E-state index is 0.0830. The van der Waals surface area contributed by atoms with Crippen molar-refractivity contribution in [2.45, 2.75) is 26.3 Å². The predicted octanol–water partition coefficient (Wildman–Crippen LogP) is 5.73. The van der Waals surface area contributed by atoms with Gasteiger partial charge in [0.25, 0.3) is 5.78 Å². The molecule has 2 N–H and O–H groups in total. The number of carbonyl (C=O) groups is 2. The second-order valence-electron chi connectivity index (χ2n) is 8.94. The molecular formula is C29H26N2O6S. The molecule has 5 rings (SSSR count). The van der Waals surface area contributed by atoms with Crippen molar-refractivity contribution in [1.29, 1.82) is 0 Å². The predicted molar refractivity (Wildman–Crippen MR) is 146 cm³/mol. The lowest BCUT2D eigenvalue weighted by molar-refractivity contribution is -0.132. The third-order valence-corrected chi connectivity index (χ3v) is 7.32.